The van der Waals surface area contributed by atoms with Gasteiger partial charge in [-0.2, -0.15) is 14.0 Å². The molecule has 0 heterocycles. The highest BCUT2D eigenvalue weighted by molar-refractivity contribution is 4.22. The van der Waals surface area contributed by atoms with E-state index in [1.54, 1.807) is 0 Å². The molecule has 0 rings (SSSR count). The van der Waals surface area contributed by atoms with Crippen LogP contribution in [0.4, 0.5) is 0 Å². The summed E-state index contributed by atoms with van der Waals surface area (Å²) < 4.78 is 32.7. The van der Waals surface area contributed by atoms with Crippen LogP contribution in [0.1, 0.15) is 0 Å². The molecule has 0 bridgehead atoms. The van der Waals surface area contributed by atoms with Crippen LogP contribution < -0.4 is 14.0 Å². The van der Waals surface area contributed by atoms with Crippen molar-refractivity contribution in [2.24, 2.45) is 0 Å². The zero-order chi connectivity index (χ0) is 10.5. The van der Waals surface area contributed by atoms with Crippen LogP contribution >= 0.6 is 0 Å². The number of halogens is 1. The van der Waals surface area contributed by atoms with E-state index in [-0.39, 0.29) is 0 Å². The molecule has 0 aromatic heterocycles. The Morgan fingerprint density at radius 2 is 0.727 bits per heavy atom. The van der Waals surface area contributed by atoms with Gasteiger partial charge >= 0.3 is 0 Å². The average Bonchev–Trinajstić information content (AvgIpc) is 1.96. The first-order chi connectivity index (χ1) is 5.00. The molecular weight excluding hydrogens is 172 g/mol. The van der Waals surface area contributed by atoms with Crippen LogP contribution in [0.3, 0.4) is 0 Å². The normalized spacial score (nSPS) is 6.55. The third-order valence-electron chi connectivity index (χ3n) is 0. The molecule has 0 atom stereocenters. The van der Waals surface area contributed by atoms with E-state index < -0.39 is 10.2 Å². The molecule has 0 aliphatic carbocycles. The lowest BCUT2D eigenvalue weighted by Gasteiger charge is -2.03. The fourth-order valence-corrected chi connectivity index (χ4v) is 0. The molecule has 68 valence electrons. The fraction of sp³-hybridized carbons (Fsp3) is 0. The number of rotatable bonds is 0. The smallest absolute Gasteiger partial charge is 0.0777 e. The fourth-order valence-electron chi connectivity index (χ4n) is 0. The summed E-state index contributed by atoms with van der Waals surface area (Å²) in [7, 11) is -4.69. The van der Waals surface area contributed by atoms with Crippen LogP contribution in [-0.2, 0) is 0 Å². The van der Waals surface area contributed by atoms with E-state index in [9.17, 15) is 0 Å². The molecular formula is C6H13ClO4. The lowest BCUT2D eigenvalue weighted by Crippen LogP contribution is -2.58. The minimum Gasteiger partial charge on any atom is -0.183 e. The lowest BCUT2D eigenvalue weighted by atomic mass is 11.3. The summed E-state index contributed by atoms with van der Waals surface area (Å²) in [5.74, 6) is 0. The van der Waals surface area contributed by atoms with Gasteiger partial charge in [0.05, 0.1) is 14.9 Å². The second-order valence-electron chi connectivity index (χ2n) is 0.396. The van der Waals surface area contributed by atoms with Gasteiger partial charge in [-0.1, -0.05) is 0 Å². The second-order valence-corrected chi connectivity index (χ2v) is 1.19. The summed E-state index contributed by atoms with van der Waals surface area (Å²) in [6, 6.07) is 0. The van der Waals surface area contributed by atoms with Gasteiger partial charge in [-0.3, -0.25) is 0 Å². The van der Waals surface area contributed by atoms with Gasteiger partial charge in [0.15, 0.2) is 0 Å². The van der Waals surface area contributed by atoms with Crippen molar-refractivity contribution in [1.29, 1.82) is 0 Å². The van der Waals surface area contributed by atoms with Crippen LogP contribution in [0.5, 0.6) is 0 Å². The molecule has 0 saturated carbocycles. The van der Waals surface area contributed by atoms with Crippen molar-refractivity contribution in [3.8, 4) is 0 Å². The van der Waals surface area contributed by atoms with Crippen molar-refractivity contribution in [3.63, 3.8) is 0 Å². The molecule has 1 N–H and O–H groups in total. The first kappa shape index (κ1) is 22.4. The molecule has 5 heteroatoms. The summed E-state index contributed by atoms with van der Waals surface area (Å²) in [6.07, 6.45) is 0. The Kier molecular flexibility index (Phi) is 46.5. The third-order valence-corrected chi connectivity index (χ3v) is 0. The Bertz CT molecular complexity index is 51.3. The van der Waals surface area contributed by atoms with Crippen LogP contribution in [0.25, 0.3) is 0 Å². The highest BCUT2D eigenvalue weighted by Crippen LogP contribution is 1.60. The maximum atomic E-state index is 8.60. The highest BCUT2D eigenvalue weighted by atomic mass is 35.7. The zero-order valence-electron chi connectivity index (χ0n) is 6.29. The Morgan fingerprint density at radius 3 is 0.727 bits per heavy atom. The molecule has 0 radical (unpaired) electrons. The first-order valence-electron chi connectivity index (χ1n) is 2.13. The number of hydrogen-bond acceptors (Lipinski definition) is 4. The summed E-state index contributed by atoms with van der Waals surface area (Å²) in [5, 5.41) is 0. The molecule has 0 aliphatic heterocycles. The Morgan fingerprint density at radius 1 is 0.727 bits per heavy atom. The third kappa shape index (κ3) is 1200. The first-order valence-corrected chi connectivity index (χ1v) is 3.40. The van der Waals surface area contributed by atoms with E-state index in [1.165, 1.54) is 0 Å². The van der Waals surface area contributed by atoms with Crippen molar-refractivity contribution < 1.29 is 28.9 Å². The van der Waals surface area contributed by atoms with Crippen molar-refractivity contribution in [2.45, 2.75) is 0 Å². The van der Waals surface area contributed by atoms with E-state index in [1.807, 2.05) is 0 Å². The van der Waals surface area contributed by atoms with E-state index in [2.05, 4.69) is 39.5 Å². The predicted molar refractivity (Wildman–Crippen MR) is 36.0 cm³/mol. The largest absolute Gasteiger partial charge is 0.183 e. The monoisotopic (exact) mass is 184 g/mol. The summed E-state index contributed by atoms with van der Waals surface area (Å²) in [4.78, 5) is 0. The van der Waals surface area contributed by atoms with Crippen molar-refractivity contribution in [3.05, 3.63) is 39.5 Å². The molecule has 0 fully saturated rings. The SMILES string of the molecule is C=C.C=C.C=C.[O-][Cl+3]([O-])([O-])O. The van der Waals surface area contributed by atoms with E-state index in [0.29, 0.717) is 0 Å². The van der Waals surface area contributed by atoms with Gasteiger partial charge < -0.3 is 0 Å². The maximum Gasteiger partial charge on any atom is 0.0777 e. The molecule has 0 unspecified atom stereocenters. The van der Waals surface area contributed by atoms with Gasteiger partial charge in [0.25, 0.3) is 0 Å². The molecule has 0 aliphatic rings. The van der Waals surface area contributed by atoms with Gasteiger partial charge in [-0.25, -0.2) is 0 Å². The van der Waals surface area contributed by atoms with Gasteiger partial charge in [0.1, 0.15) is 0 Å². The zero-order valence-corrected chi connectivity index (χ0v) is 7.05. The molecule has 0 saturated heterocycles. The topological polar surface area (TPSA) is 89.4 Å². The van der Waals surface area contributed by atoms with Crippen LogP contribution in [0.2, 0.25) is 0 Å². The average molecular weight is 185 g/mol. The van der Waals surface area contributed by atoms with E-state index in [4.69, 9.17) is 18.6 Å². The predicted octanol–water partition coefficient (Wildman–Crippen LogP) is -1.72. The maximum absolute atomic E-state index is 8.60. The van der Waals surface area contributed by atoms with Crippen molar-refractivity contribution in [2.75, 3.05) is 0 Å². The lowest BCUT2D eigenvalue weighted by molar-refractivity contribution is -1.92. The van der Waals surface area contributed by atoms with E-state index in [0.717, 1.165) is 0 Å². The molecule has 0 aromatic carbocycles. The van der Waals surface area contributed by atoms with Gasteiger partial charge in [-0.15, -0.1) is 39.5 Å². The van der Waals surface area contributed by atoms with E-state index >= 15 is 0 Å². The van der Waals surface area contributed by atoms with Gasteiger partial charge in [0, 0.05) is 0 Å². The molecule has 0 amide bonds. The summed E-state index contributed by atoms with van der Waals surface area (Å²) in [6.45, 7) is 18.0. The van der Waals surface area contributed by atoms with Crippen LogP contribution in [0.15, 0.2) is 39.5 Å². The highest BCUT2D eigenvalue weighted by Gasteiger charge is 1.98. The van der Waals surface area contributed by atoms with Gasteiger partial charge in [0.2, 0.25) is 0 Å². The molecule has 11 heavy (non-hydrogen) atoms. The Balaban J connectivity index is -0.0000000350. The Hall–Kier alpha value is -0.650. The minimum absolute atomic E-state index is 3.00. The van der Waals surface area contributed by atoms with Crippen molar-refractivity contribution >= 4 is 0 Å². The summed E-state index contributed by atoms with van der Waals surface area (Å²) in [5.41, 5.74) is 0. The van der Waals surface area contributed by atoms with Crippen molar-refractivity contribution in [1.82, 2.24) is 0 Å². The van der Waals surface area contributed by atoms with Gasteiger partial charge in [-0.05, 0) is 0 Å². The second kappa shape index (κ2) is 22.8. The molecule has 0 aromatic rings. The Labute approximate surface area is 69.2 Å². The summed E-state index contributed by atoms with van der Waals surface area (Å²) >= 11 is 0. The van der Waals surface area contributed by atoms with Crippen LogP contribution in [0, 0.1) is 10.2 Å². The minimum atomic E-state index is -4.69. The molecule has 0 spiro atoms. The quantitative estimate of drug-likeness (QED) is 0.454. The standard InChI is InChI=1S/3C2H4.ClHO4/c3*1-2;2-1(3,4)5/h3*1-2H2;(H,2,3,4,5). The molecule has 4 nitrogen and oxygen atoms in total. The van der Waals surface area contributed by atoms with Crippen LogP contribution in [-0.4, -0.2) is 4.66 Å². The number of hydrogen-bond donors (Lipinski definition) is 1.